The van der Waals surface area contributed by atoms with Gasteiger partial charge in [-0.15, -0.1) is 0 Å². The van der Waals surface area contributed by atoms with Crippen molar-refractivity contribution in [3.8, 4) is 6.07 Å². The zero-order valence-electron chi connectivity index (χ0n) is 13.1. The Kier molecular flexibility index (Phi) is 8.22. The van der Waals surface area contributed by atoms with Crippen LogP contribution < -0.4 is 5.32 Å². The molecule has 1 atom stereocenters. The van der Waals surface area contributed by atoms with Crippen LogP contribution in [0.2, 0.25) is 0 Å². The van der Waals surface area contributed by atoms with E-state index in [2.05, 4.69) is 57.8 Å². The molecule has 0 aromatic heterocycles. The van der Waals surface area contributed by atoms with Gasteiger partial charge in [0.25, 0.3) is 0 Å². The van der Waals surface area contributed by atoms with Crippen LogP contribution in [-0.2, 0) is 0 Å². The second-order valence-electron chi connectivity index (χ2n) is 6.80. The minimum atomic E-state index is 0.184. The summed E-state index contributed by atoms with van der Waals surface area (Å²) in [6.45, 7) is 17.4. The van der Waals surface area contributed by atoms with Crippen LogP contribution in [0.25, 0.3) is 0 Å². The molecule has 18 heavy (non-hydrogen) atoms. The van der Waals surface area contributed by atoms with Gasteiger partial charge < -0.3 is 10.2 Å². The lowest BCUT2D eigenvalue weighted by Crippen LogP contribution is -2.42. The van der Waals surface area contributed by atoms with Crippen LogP contribution in [0.3, 0.4) is 0 Å². The molecule has 0 radical (unpaired) electrons. The van der Waals surface area contributed by atoms with E-state index in [0.717, 1.165) is 26.2 Å². The van der Waals surface area contributed by atoms with E-state index in [9.17, 15) is 0 Å². The van der Waals surface area contributed by atoms with Crippen molar-refractivity contribution < 1.29 is 0 Å². The molecule has 0 aromatic carbocycles. The van der Waals surface area contributed by atoms with Gasteiger partial charge in [-0.1, -0.05) is 20.8 Å². The molecule has 1 N–H and O–H groups in total. The lowest BCUT2D eigenvalue weighted by atomic mass is 10.1. The van der Waals surface area contributed by atoms with Crippen LogP contribution in [0.4, 0.5) is 0 Å². The van der Waals surface area contributed by atoms with Gasteiger partial charge in [-0.25, -0.2) is 0 Å². The zero-order chi connectivity index (χ0) is 14.2. The summed E-state index contributed by atoms with van der Waals surface area (Å²) in [6.07, 6.45) is 0.631. The molecule has 0 rings (SSSR count). The number of rotatable bonds is 8. The lowest BCUT2D eigenvalue weighted by molar-refractivity contribution is 0.210. The Hall–Kier alpha value is -0.590. The smallest absolute Gasteiger partial charge is 0.0635 e. The van der Waals surface area contributed by atoms with E-state index in [0.29, 0.717) is 18.3 Å². The minimum absolute atomic E-state index is 0.184. The predicted octanol–water partition coefficient (Wildman–Crippen LogP) is 2.88. The van der Waals surface area contributed by atoms with E-state index >= 15 is 0 Å². The predicted molar refractivity (Wildman–Crippen MR) is 78.4 cm³/mol. The highest BCUT2D eigenvalue weighted by Gasteiger charge is 2.14. The molecule has 106 valence electrons. The van der Waals surface area contributed by atoms with Crippen LogP contribution in [-0.4, -0.2) is 36.6 Å². The molecule has 0 aromatic rings. The number of nitrogens with one attached hydrogen (secondary N) is 1. The van der Waals surface area contributed by atoms with E-state index in [1.54, 1.807) is 0 Å². The fourth-order valence-corrected chi connectivity index (χ4v) is 1.97. The van der Waals surface area contributed by atoms with Gasteiger partial charge in [-0.05, 0) is 39.2 Å². The van der Waals surface area contributed by atoms with Crippen LogP contribution >= 0.6 is 0 Å². The Morgan fingerprint density at radius 2 is 1.78 bits per heavy atom. The molecule has 0 amide bonds. The Labute approximate surface area is 114 Å². The van der Waals surface area contributed by atoms with Gasteiger partial charge in [0.2, 0.25) is 0 Å². The summed E-state index contributed by atoms with van der Waals surface area (Å²) in [5.74, 6) is 1.27. The van der Waals surface area contributed by atoms with Gasteiger partial charge in [-0.2, -0.15) is 5.26 Å². The van der Waals surface area contributed by atoms with Gasteiger partial charge in [-0.3, -0.25) is 0 Å². The molecule has 0 saturated heterocycles. The lowest BCUT2D eigenvalue weighted by Gasteiger charge is -2.29. The molecule has 3 nitrogen and oxygen atoms in total. The number of hydrogen-bond acceptors (Lipinski definition) is 3. The average Bonchev–Trinajstić information content (AvgIpc) is 2.21. The van der Waals surface area contributed by atoms with E-state index < -0.39 is 0 Å². The summed E-state index contributed by atoms with van der Waals surface area (Å²) in [6, 6.07) is 2.24. The third-order valence-electron chi connectivity index (χ3n) is 2.71. The Balaban J connectivity index is 4.09. The van der Waals surface area contributed by atoms with Crippen molar-refractivity contribution in [2.24, 2.45) is 11.8 Å². The molecular formula is C15H31N3. The quantitative estimate of drug-likeness (QED) is 0.723. The molecule has 0 aliphatic rings. The van der Waals surface area contributed by atoms with Gasteiger partial charge in [0, 0.05) is 31.6 Å². The van der Waals surface area contributed by atoms with Crippen molar-refractivity contribution in [1.29, 1.82) is 5.26 Å². The second-order valence-corrected chi connectivity index (χ2v) is 6.80. The van der Waals surface area contributed by atoms with Gasteiger partial charge >= 0.3 is 0 Å². The molecule has 0 spiro atoms. The van der Waals surface area contributed by atoms with Crippen molar-refractivity contribution in [2.75, 3.05) is 26.2 Å². The summed E-state index contributed by atoms with van der Waals surface area (Å²) in [5.41, 5.74) is 0.184. The van der Waals surface area contributed by atoms with Crippen molar-refractivity contribution in [2.45, 2.75) is 53.5 Å². The monoisotopic (exact) mass is 253 g/mol. The molecule has 1 unspecified atom stereocenters. The fourth-order valence-electron chi connectivity index (χ4n) is 1.97. The van der Waals surface area contributed by atoms with Crippen LogP contribution in [0.1, 0.15) is 48.0 Å². The van der Waals surface area contributed by atoms with Gasteiger partial charge in [0.1, 0.15) is 0 Å². The molecule has 3 heteroatoms. The maximum atomic E-state index is 8.70. The summed E-state index contributed by atoms with van der Waals surface area (Å²) < 4.78 is 0. The Bertz CT molecular complexity index is 247. The molecule has 0 bridgehead atoms. The van der Waals surface area contributed by atoms with E-state index in [4.69, 9.17) is 5.26 Å². The topological polar surface area (TPSA) is 39.1 Å². The molecule has 0 saturated carbocycles. The molecule has 0 fully saturated rings. The summed E-state index contributed by atoms with van der Waals surface area (Å²) in [4.78, 5) is 2.42. The van der Waals surface area contributed by atoms with E-state index in [-0.39, 0.29) is 5.54 Å². The van der Waals surface area contributed by atoms with Crippen molar-refractivity contribution in [1.82, 2.24) is 10.2 Å². The first-order valence-corrected chi connectivity index (χ1v) is 7.09. The fraction of sp³-hybridized carbons (Fsp3) is 0.933. The van der Waals surface area contributed by atoms with Crippen LogP contribution in [0.5, 0.6) is 0 Å². The minimum Gasteiger partial charge on any atom is -0.312 e. The SMILES string of the molecule is CC(C)CN(CCC#N)CC(C)CNC(C)(C)C. The van der Waals surface area contributed by atoms with E-state index in [1.165, 1.54) is 0 Å². The normalized spacial score (nSPS) is 13.9. The van der Waals surface area contributed by atoms with Crippen molar-refractivity contribution in [3.63, 3.8) is 0 Å². The third kappa shape index (κ3) is 10.6. The van der Waals surface area contributed by atoms with Crippen molar-refractivity contribution in [3.05, 3.63) is 0 Å². The molecule has 0 heterocycles. The number of hydrogen-bond donors (Lipinski definition) is 1. The van der Waals surface area contributed by atoms with Gasteiger partial charge in [0.05, 0.1) is 6.07 Å². The van der Waals surface area contributed by atoms with Crippen LogP contribution in [0, 0.1) is 23.2 Å². The Morgan fingerprint density at radius 1 is 1.17 bits per heavy atom. The second kappa shape index (κ2) is 8.50. The Morgan fingerprint density at radius 3 is 2.22 bits per heavy atom. The highest BCUT2D eigenvalue weighted by Crippen LogP contribution is 2.06. The first kappa shape index (κ1) is 17.4. The third-order valence-corrected chi connectivity index (χ3v) is 2.71. The summed E-state index contributed by atoms with van der Waals surface area (Å²) in [5, 5.41) is 12.2. The zero-order valence-corrected chi connectivity index (χ0v) is 13.1. The first-order chi connectivity index (χ1) is 8.24. The van der Waals surface area contributed by atoms with Crippen molar-refractivity contribution >= 4 is 0 Å². The standard InChI is InChI=1S/C15H31N3/c1-13(2)11-18(9-7-8-16)12-14(3)10-17-15(4,5)6/h13-14,17H,7,9-12H2,1-6H3. The highest BCUT2D eigenvalue weighted by atomic mass is 15.1. The molecular weight excluding hydrogens is 222 g/mol. The van der Waals surface area contributed by atoms with Crippen LogP contribution in [0.15, 0.2) is 0 Å². The maximum Gasteiger partial charge on any atom is 0.0635 e. The van der Waals surface area contributed by atoms with E-state index in [1.807, 2.05) is 0 Å². The first-order valence-electron chi connectivity index (χ1n) is 7.09. The molecule has 0 aliphatic carbocycles. The average molecular weight is 253 g/mol. The number of nitriles is 1. The highest BCUT2D eigenvalue weighted by molar-refractivity contribution is 4.76. The molecule has 0 aliphatic heterocycles. The maximum absolute atomic E-state index is 8.70. The number of nitrogens with zero attached hydrogens (tertiary/aromatic N) is 2. The van der Waals surface area contributed by atoms with Gasteiger partial charge in [0.15, 0.2) is 0 Å². The summed E-state index contributed by atoms with van der Waals surface area (Å²) >= 11 is 0. The largest absolute Gasteiger partial charge is 0.312 e. The summed E-state index contributed by atoms with van der Waals surface area (Å²) in [7, 11) is 0.